The number of hydrogen-bond donors (Lipinski definition) is 1. The second-order valence-corrected chi connectivity index (χ2v) is 12.2. The number of nitro groups is 1. The zero-order chi connectivity index (χ0) is 28.7. The number of non-ortho nitro benzene ring substituents is 1. The molecule has 0 radical (unpaired) electrons. The number of anilines is 1. The fraction of sp³-hybridized carbons (Fsp3) is 0.500. The van der Waals surface area contributed by atoms with E-state index in [0.29, 0.717) is 12.0 Å². The number of aryl methyl sites for hydroxylation is 2. The summed E-state index contributed by atoms with van der Waals surface area (Å²) in [5.74, 6) is -0.833. The summed E-state index contributed by atoms with van der Waals surface area (Å²) in [5, 5.41) is 14.5. The topological polar surface area (TPSA) is 130 Å². The normalized spacial score (nSPS) is 14.9. The maximum atomic E-state index is 13.9. The zero-order valence-electron chi connectivity index (χ0n) is 23.1. The molecule has 1 N–H and O–H groups in total. The minimum Gasteiger partial charge on any atom is -0.352 e. The molecule has 0 unspecified atom stereocenters. The molecular weight excluding hydrogens is 520 g/mol. The van der Waals surface area contributed by atoms with Crippen molar-refractivity contribution < 1.29 is 22.9 Å². The summed E-state index contributed by atoms with van der Waals surface area (Å²) in [6.45, 7) is 4.91. The molecule has 0 spiro atoms. The summed E-state index contributed by atoms with van der Waals surface area (Å²) in [7, 11) is -4.00. The van der Waals surface area contributed by atoms with E-state index in [1.807, 2.05) is 38.1 Å². The highest BCUT2D eigenvalue weighted by atomic mass is 32.2. The minimum absolute atomic E-state index is 0.0510. The summed E-state index contributed by atoms with van der Waals surface area (Å²) >= 11 is 0. The number of carbonyl (C=O) groups excluding carboxylic acids is 2. The van der Waals surface area contributed by atoms with Crippen LogP contribution in [0.15, 0.2) is 42.5 Å². The Balaban J connectivity index is 1.97. The molecule has 11 heteroatoms. The highest BCUT2D eigenvalue weighted by molar-refractivity contribution is 7.92. The van der Waals surface area contributed by atoms with Gasteiger partial charge in [-0.05, 0) is 44.2 Å². The summed E-state index contributed by atoms with van der Waals surface area (Å²) in [6.07, 6.45) is 6.30. The van der Waals surface area contributed by atoms with Crippen molar-refractivity contribution in [2.24, 2.45) is 0 Å². The van der Waals surface area contributed by atoms with Crippen molar-refractivity contribution >= 4 is 33.2 Å². The summed E-state index contributed by atoms with van der Waals surface area (Å²) in [5.41, 5.74) is 2.07. The Kier molecular flexibility index (Phi) is 10.1. The van der Waals surface area contributed by atoms with Crippen LogP contribution in [0.1, 0.15) is 62.1 Å². The van der Waals surface area contributed by atoms with Crippen LogP contribution in [0.5, 0.6) is 0 Å². The van der Waals surface area contributed by atoms with E-state index in [1.165, 1.54) is 17.0 Å². The average Bonchev–Trinajstić information content (AvgIpc) is 2.88. The predicted octanol–water partition coefficient (Wildman–Crippen LogP) is 4.23. The average molecular weight is 559 g/mol. The summed E-state index contributed by atoms with van der Waals surface area (Å²) < 4.78 is 26.6. The smallest absolute Gasteiger partial charge is 0.271 e. The number of benzene rings is 2. The van der Waals surface area contributed by atoms with E-state index in [4.69, 9.17) is 0 Å². The number of nitrogens with zero attached hydrogens (tertiary/aromatic N) is 3. The molecule has 2 aromatic rings. The van der Waals surface area contributed by atoms with Gasteiger partial charge in [0.05, 0.1) is 16.9 Å². The van der Waals surface area contributed by atoms with Crippen LogP contribution in [-0.4, -0.2) is 54.9 Å². The number of sulfonamides is 1. The van der Waals surface area contributed by atoms with Crippen molar-refractivity contribution in [3.63, 3.8) is 0 Å². The fourth-order valence-corrected chi connectivity index (χ4v) is 5.83. The summed E-state index contributed by atoms with van der Waals surface area (Å²) in [4.78, 5) is 39.5. The van der Waals surface area contributed by atoms with Crippen LogP contribution >= 0.6 is 0 Å². The van der Waals surface area contributed by atoms with Crippen LogP contribution in [0, 0.1) is 24.0 Å². The van der Waals surface area contributed by atoms with E-state index in [0.717, 1.165) is 59.9 Å². The van der Waals surface area contributed by atoms with Gasteiger partial charge in [0.2, 0.25) is 21.8 Å². The molecule has 0 aromatic heterocycles. The minimum atomic E-state index is -4.00. The van der Waals surface area contributed by atoms with Gasteiger partial charge < -0.3 is 10.2 Å². The number of nitro benzene ring substituents is 1. The molecule has 2 aromatic carbocycles. The van der Waals surface area contributed by atoms with Gasteiger partial charge in [0, 0.05) is 24.7 Å². The second-order valence-electron chi connectivity index (χ2n) is 10.3. The van der Waals surface area contributed by atoms with Crippen LogP contribution in [0.25, 0.3) is 0 Å². The Morgan fingerprint density at radius 1 is 1.08 bits per heavy atom. The number of amides is 2. The molecule has 1 saturated carbocycles. The van der Waals surface area contributed by atoms with Crippen molar-refractivity contribution in [3.05, 3.63) is 69.3 Å². The predicted molar refractivity (Wildman–Crippen MR) is 151 cm³/mol. The zero-order valence-corrected chi connectivity index (χ0v) is 23.9. The number of hydrogen-bond acceptors (Lipinski definition) is 6. The van der Waals surface area contributed by atoms with Crippen LogP contribution < -0.4 is 9.62 Å². The van der Waals surface area contributed by atoms with Gasteiger partial charge in [0.25, 0.3) is 5.69 Å². The molecule has 0 aliphatic heterocycles. The lowest BCUT2D eigenvalue weighted by Crippen LogP contribution is -2.54. The number of rotatable bonds is 11. The Bertz CT molecular complexity index is 1290. The molecule has 1 atom stereocenters. The van der Waals surface area contributed by atoms with Crippen molar-refractivity contribution in [1.29, 1.82) is 0 Å². The third-order valence-electron chi connectivity index (χ3n) is 7.16. The van der Waals surface area contributed by atoms with Gasteiger partial charge >= 0.3 is 0 Å². The van der Waals surface area contributed by atoms with Crippen LogP contribution in [0.4, 0.5) is 11.4 Å². The molecule has 2 amide bonds. The van der Waals surface area contributed by atoms with E-state index in [2.05, 4.69) is 5.32 Å². The van der Waals surface area contributed by atoms with Crippen molar-refractivity contribution in [3.8, 4) is 0 Å². The molecule has 0 heterocycles. The lowest BCUT2D eigenvalue weighted by Gasteiger charge is -2.34. The van der Waals surface area contributed by atoms with E-state index in [9.17, 15) is 28.1 Å². The molecule has 212 valence electrons. The van der Waals surface area contributed by atoms with Crippen LogP contribution in [0.2, 0.25) is 0 Å². The van der Waals surface area contributed by atoms with E-state index in [-0.39, 0.29) is 29.9 Å². The fourth-order valence-electron chi connectivity index (χ4n) is 4.93. The highest BCUT2D eigenvalue weighted by Crippen LogP contribution is 2.28. The standard InChI is InChI=1S/C28H38N4O6S/c1-5-25(28(34)29-23-9-7-6-8-10-23)30(18-22-14-11-20(2)12-15-22)27(33)19-31(39(4,37)38)26-17-24(32(35)36)16-13-21(26)3/h11-17,23,25H,5-10,18-19H2,1-4H3,(H,29,34)/t25-/m1/s1. The Morgan fingerprint density at radius 2 is 1.72 bits per heavy atom. The van der Waals surface area contributed by atoms with E-state index in [1.54, 1.807) is 6.92 Å². The van der Waals surface area contributed by atoms with Gasteiger partial charge in [0.15, 0.2) is 0 Å². The third kappa shape index (κ3) is 8.01. The monoisotopic (exact) mass is 558 g/mol. The molecule has 10 nitrogen and oxygen atoms in total. The maximum Gasteiger partial charge on any atom is 0.271 e. The number of nitrogens with one attached hydrogen (secondary N) is 1. The first-order valence-corrected chi connectivity index (χ1v) is 15.1. The Labute approximate surface area is 230 Å². The lowest BCUT2D eigenvalue weighted by atomic mass is 9.95. The van der Waals surface area contributed by atoms with E-state index >= 15 is 0 Å². The quantitative estimate of drug-likeness (QED) is 0.324. The van der Waals surface area contributed by atoms with Gasteiger partial charge in [-0.25, -0.2) is 8.42 Å². The molecule has 1 aliphatic rings. The molecule has 0 bridgehead atoms. The molecule has 39 heavy (non-hydrogen) atoms. The van der Waals surface area contributed by atoms with Crippen LogP contribution in [0.3, 0.4) is 0 Å². The first-order chi connectivity index (χ1) is 18.4. The van der Waals surface area contributed by atoms with Gasteiger partial charge in [-0.1, -0.05) is 62.1 Å². The van der Waals surface area contributed by atoms with Gasteiger partial charge in [-0.3, -0.25) is 24.0 Å². The van der Waals surface area contributed by atoms with Crippen molar-refractivity contribution in [2.45, 2.75) is 77.9 Å². The Hall–Kier alpha value is -3.47. The highest BCUT2D eigenvalue weighted by Gasteiger charge is 2.33. The van der Waals surface area contributed by atoms with Crippen LogP contribution in [-0.2, 0) is 26.2 Å². The van der Waals surface area contributed by atoms with Crippen molar-refractivity contribution in [2.75, 3.05) is 17.1 Å². The van der Waals surface area contributed by atoms with Gasteiger partial charge in [-0.2, -0.15) is 0 Å². The largest absolute Gasteiger partial charge is 0.352 e. The van der Waals surface area contributed by atoms with Crippen molar-refractivity contribution in [1.82, 2.24) is 10.2 Å². The first-order valence-electron chi connectivity index (χ1n) is 13.3. The maximum absolute atomic E-state index is 13.9. The summed E-state index contributed by atoms with van der Waals surface area (Å²) in [6, 6.07) is 10.7. The van der Waals surface area contributed by atoms with E-state index < -0.39 is 33.4 Å². The third-order valence-corrected chi connectivity index (χ3v) is 8.29. The van der Waals surface area contributed by atoms with Gasteiger partial charge in [-0.15, -0.1) is 0 Å². The molecular formula is C28H38N4O6S. The Morgan fingerprint density at radius 3 is 2.28 bits per heavy atom. The molecule has 3 rings (SSSR count). The van der Waals surface area contributed by atoms with Gasteiger partial charge in [0.1, 0.15) is 12.6 Å². The molecule has 1 fully saturated rings. The number of carbonyl (C=O) groups is 2. The first kappa shape index (κ1) is 30.1. The SMILES string of the molecule is CC[C@H](C(=O)NC1CCCCC1)N(Cc1ccc(C)cc1)C(=O)CN(c1cc([N+](=O)[O-])ccc1C)S(C)(=O)=O. The lowest BCUT2D eigenvalue weighted by molar-refractivity contribution is -0.384. The molecule has 0 saturated heterocycles. The molecule has 1 aliphatic carbocycles. The second kappa shape index (κ2) is 13.1.